The second kappa shape index (κ2) is 30.4. The maximum atomic E-state index is 10.6. The average molecular weight is 946 g/mol. The standard InChI is InChI=1S/C15H16O2.C8H10.2C7H7O3S.C7H7.2Y/c1-16-14-7-3-12(4-8-14)11-13-5-9-15(17-2)10-6-13;1-7-3-5-8(2)6-4-7;1-6-4-2-3-5-7(6)11(8,9)10;1-6-4-2-3-5-7(6)11-10-9-8;1-7-5-3-2-4-6-7;;/h3-10H,11H2,1-2H3;3-6H,1-2H3;2,4-5H,1H3,(H,8,9,10);2,4-5,8H,1H3;3-6H,1H3;;/q;;3*-1;;. The zero-order valence-corrected chi connectivity index (χ0v) is 40.0. The minimum absolute atomic E-state index is 0. The topological polar surface area (TPSA) is 112 Å². The molecule has 0 heterocycles. The third-order valence-electron chi connectivity index (χ3n) is 7.33. The predicted molar refractivity (Wildman–Crippen MR) is 215 cm³/mol. The van der Waals surface area contributed by atoms with Crippen LogP contribution in [0.25, 0.3) is 0 Å². The van der Waals surface area contributed by atoms with Crippen LogP contribution in [0.2, 0.25) is 0 Å². The monoisotopic (exact) mass is 945 g/mol. The van der Waals surface area contributed by atoms with E-state index in [1.807, 2.05) is 61.5 Å². The molecule has 0 bridgehead atoms. The van der Waals surface area contributed by atoms with E-state index < -0.39 is 10.1 Å². The Morgan fingerprint density at radius 2 is 0.982 bits per heavy atom. The molecule has 56 heavy (non-hydrogen) atoms. The van der Waals surface area contributed by atoms with Crippen molar-refractivity contribution in [1.29, 1.82) is 0 Å². The molecule has 0 aliphatic rings. The number of aryl methyl sites for hydroxylation is 5. The Bertz CT molecular complexity index is 1950. The van der Waals surface area contributed by atoms with Crippen molar-refractivity contribution in [3.63, 3.8) is 0 Å². The Kier molecular flexibility index (Phi) is 28.9. The minimum Gasteiger partial charge on any atom is -0.497 e. The van der Waals surface area contributed by atoms with Crippen molar-refractivity contribution in [3.05, 3.63) is 191 Å². The van der Waals surface area contributed by atoms with E-state index in [1.54, 1.807) is 45.4 Å². The minimum atomic E-state index is -4.06. The van der Waals surface area contributed by atoms with E-state index in [2.05, 4.69) is 96.9 Å². The largest absolute Gasteiger partial charge is 0.497 e. The van der Waals surface area contributed by atoms with E-state index in [9.17, 15) is 8.42 Å². The summed E-state index contributed by atoms with van der Waals surface area (Å²) in [6, 6.07) is 50.9. The van der Waals surface area contributed by atoms with Gasteiger partial charge in [0.25, 0.3) is 0 Å². The Balaban J connectivity index is 0.000000693. The van der Waals surface area contributed by atoms with E-state index in [4.69, 9.17) is 19.3 Å². The van der Waals surface area contributed by atoms with E-state index in [-0.39, 0.29) is 70.3 Å². The molecule has 6 aromatic rings. The summed E-state index contributed by atoms with van der Waals surface area (Å²) in [6.45, 7) is 9.79. The molecule has 0 saturated heterocycles. The van der Waals surface area contributed by atoms with Crippen LogP contribution in [-0.2, 0) is 91.3 Å². The van der Waals surface area contributed by atoms with Crippen LogP contribution in [0.5, 0.6) is 11.5 Å². The van der Waals surface area contributed by atoms with Crippen LogP contribution in [0.3, 0.4) is 0 Å². The van der Waals surface area contributed by atoms with E-state index in [0.717, 1.165) is 40.4 Å². The predicted octanol–water partition coefficient (Wildman–Crippen LogP) is 10.7. The normalized spacial score (nSPS) is 9.66. The smallest absolute Gasteiger partial charge is 0.247 e. The first kappa shape index (κ1) is 53.3. The van der Waals surface area contributed by atoms with Crippen molar-refractivity contribution < 1.29 is 102 Å². The summed E-state index contributed by atoms with van der Waals surface area (Å²) < 4.78 is 44.3. The fourth-order valence-electron chi connectivity index (χ4n) is 4.23. The molecule has 0 saturated carbocycles. The summed E-state index contributed by atoms with van der Waals surface area (Å²) in [5.41, 5.74) is 8.06. The molecule has 8 nitrogen and oxygen atoms in total. The van der Waals surface area contributed by atoms with Crippen LogP contribution in [0.4, 0.5) is 0 Å². The molecule has 0 aromatic heterocycles. The number of benzene rings is 6. The Hall–Kier alpha value is -2.73. The first-order chi connectivity index (χ1) is 25.9. The Labute approximate surface area is 387 Å². The molecule has 0 unspecified atom stereocenters. The molecule has 6 aromatic carbocycles. The van der Waals surface area contributed by atoms with Crippen LogP contribution in [0, 0.1) is 52.8 Å². The van der Waals surface area contributed by atoms with Gasteiger partial charge in [-0.3, -0.25) is 4.55 Å². The summed E-state index contributed by atoms with van der Waals surface area (Å²) in [6.07, 6.45) is 0.925. The van der Waals surface area contributed by atoms with Gasteiger partial charge >= 0.3 is 0 Å². The Morgan fingerprint density at radius 1 is 0.571 bits per heavy atom. The summed E-state index contributed by atoms with van der Waals surface area (Å²) in [5.74, 6) is 1.78. The molecule has 0 aliphatic heterocycles. The molecule has 2 radical (unpaired) electrons. The second-order valence-electron chi connectivity index (χ2n) is 11.7. The maximum Gasteiger partial charge on any atom is 0.247 e. The summed E-state index contributed by atoms with van der Waals surface area (Å²) in [7, 11) is -0.707. The zero-order chi connectivity index (χ0) is 39.8. The van der Waals surface area contributed by atoms with E-state index >= 15 is 0 Å². The van der Waals surface area contributed by atoms with Crippen LogP contribution in [0.1, 0.15) is 38.9 Å². The van der Waals surface area contributed by atoms with E-state index in [1.165, 1.54) is 33.9 Å². The van der Waals surface area contributed by atoms with Gasteiger partial charge in [-0.05, 0) is 60.6 Å². The molecule has 0 spiro atoms. The molecule has 292 valence electrons. The van der Waals surface area contributed by atoms with E-state index in [0.29, 0.717) is 5.56 Å². The first-order valence-corrected chi connectivity index (χ1v) is 18.8. The average Bonchev–Trinajstić information content (AvgIpc) is 3.17. The Morgan fingerprint density at radius 3 is 1.32 bits per heavy atom. The van der Waals surface area contributed by atoms with Crippen LogP contribution in [0.15, 0.2) is 143 Å². The molecule has 2 N–H and O–H groups in total. The van der Waals surface area contributed by atoms with Gasteiger partial charge in [-0.2, -0.15) is 84.4 Å². The number of methoxy groups -OCH3 is 2. The molecule has 0 amide bonds. The molecule has 0 atom stereocenters. The van der Waals surface area contributed by atoms with Crippen LogP contribution in [-0.4, -0.2) is 32.4 Å². The molecule has 0 fully saturated rings. The van der Waals surface area contributed by atoms with Crippen molar-refractivity contribution >= 4 is 22.2 Å². The molecular formula is C44H47O8S2Y2-3. The van der Waals surface area contributed by atoms with Crippen molar-refractivity contribution in [2.24, 2.45) is 0 Å². The molecule has 6 rings (SSSR count). The fraction of sp³-hybridized carbons (Fsp3) is 0.182. The third-order valence-corrected chi connectivity index (χ3v) is 9.07. The van der Waals surface area contributed by atoms with Crippen molar-refractivity contribution in [2.75, 3.05) is 14.2 Å². The van der Waals surface area contributed by atoms with Crippen molar-refractivity contribution in [2.45, 2.75) is 50.8 Å². The zero-order valence-electron chi connectivity index (χ0n) is 32.7. The van der Waals surface area contributed by atoms with Gasteiger partial charge in [-0.25, -0.2) is 13.7 Å². The summed E-state index contributed by atoms with van der Waals surface area (Å²) in [4.78, 5) is 0.779. The fourth-order valence-corrected chi connectivity index (χ4v) is 5.35. The van der Waals surface area contributed by atoms with Crippen LogP contribution < -0.4 is 9.47 Å². The molecule has 12 heteroatoms. The van der Waals surface area contributed by atoms with Gasteiger partial charge in [0.15, 0.2) is 0 Å². The number of ether oxygens (including phenoxy) is 2. The van der Waals surface area contributed by atoms with Gasteiger partial charge in [-0.1, -0.05) is 90.4 Å². The van der Waals surface area contributed by atoms with Gasteiger partial charge in [0, 0.05) is 77.5 Å². The van der Waals surface area contributed by atoms with Gasteiger partial charge < -0.3 is 9.47 Å². The summed E-state index contributed by atoms with van der Waals surface area (Å²) in [5, 5.41) is 11.3. The first-order valence-electron chi connectivity index (χ1n) is 16.6. The van der Waals surface area contributed by atoms with Crippen molar-refractivity contribution in [3.8, 4) is 11.5 Å². The van der Waals surface area contributed by atoms with Crippen LogP contribution >= 0.6 is 12.0 Å². The molecule has 0 aliphatic carbocycles. The maximum absolute atomic E-state index is 10.6. The third kappa shape index (κ3) is 22.9. The quantitative estimate of drug-likeness (QED) is 0.0507. The summed E-state index contributed by atoms with van der Waals surface area (Å²) >= 11 is 0.944. The number of rotatable bonds is 8. The second-order valence-corrected chi connectivity index (χ2v) is 13.8. The number of hydrogen-bond acceptors (Lipinski definition) is 8. The van der Waals surface area contributed by atoms with Gasteiger partial charge in [-0.15, -0.1) is 15.5 Å². The SMILES string of the molecule is COc1ccc(Cc2ccc(OC)cc2)cc1.Cc1cc[c-]cc1.Cc1cc[c-]cc1S(=O)(=O)O.Cc1cc[c-]cc1SOOO.Cc1ccc(C)cc1.[Y].[Y]. The number of hydrogen-bond donors (Lipinski definition) is 2. The van der Waals surface area contributed by atoms with Gasteiger partial charge in [0.05, 0.1) is 14.2 Å². The van der Waals surface area contributed by atoms with Crippen molar-refractivity contribution in [1.82, 2.24) is 0 Å². The van der Waals surface area contributed by atoms with Gasteiger partial charge in [0.2, 0.25) is 10.1 Å². The molecular weight excluding hydrogens is 898 g/mol. The van der Waals surface area contributed by atoms with Gasteiger partial charge in [0.1, 0.15) is 11.5 Å².